The van der Waals surface area contributed by atoms with Crippen LogP contribution in [0, 0.1) is 12.0 Å². The molecule has 79 valence electrons. The predicted octanol–water partition coefficient (Wildman–Crippen LogP) is 1.21. The Balaban J connectivity index is 2.04. The summed E-state index contributed by atoms with van der Waals surface area (Å²) in [5.41, 5.74) is 1.64. The van der Waals surface area contributed by atoms with Gasteiger partial charge in [0.25, 0.3) is 0 Å². The van der Waals surface area contributed by atoms with Crippen LogP contribution in [0.15, 0.2) is 18.2 Å². The first kappa shape index (κ1) is 9.02. The molecule has 3 aromatic rings. The Kier molecular flexibility index (Phi) is 1.92. The number of aromatic nitrogens is 5. The number of hydrogen-bond donors (Lipinski definition) is 2. The quantitative estimate of drug-likeness (QED) is 0.676. The standard InChI is InChI=1S/C10H7FN5/c11-7-1-2-8-6(5-12-9(8)4-7)3-10-13-15-16-14-10/h1-2,4,12H,3H2,(H,13,14,15,16). The van der Waals surface area contributed by atoms with Crippen LogP contribution in [0.2, 0.25) is 0 Å². The SMILES string of the molecule is Fc1ccc2c(Cc3nnn[nH]3)[c][nH]c2c1. The fourth-order valence-electron chi connectivity index (χ4n) is 1.65. The summed E-state index contributed by atoms with van der Waals surface area (Å²) in [7, 11) is 0. The molecule has 0 aliphatic carbocycles. The number of nitrogens with zero attached hydrogens (tertiary/aromatic N) is 3. The lowest BCUT2D eigenvalue weighted by Crippen LogP contribution is -1.89. The van der Waals surface area contributed by atoms with E-state index in [1.807, 2.05) is 0 Å². The molecule has 0 atom stereocenters. The van der Waals surface area contributed by atoms with Crippen molar-refractivity contribution in [2.24, 2.45) is 0 Å². The molecule has 0 amide bonds. The molecular formula is C10H7FN5. The highest BCUT2D eigenvalue weighted by atomic mass is 19.1. The highest BCUT2D eigenvalue weighted by molar-refractivity contribution is 5.83. The second-order valence-corrected chi connectivity index (χ2v) is 3.44. The minimum absolute atomic E-state index is 0.268. The van der Waals surface area contributed by atoms with E-state index in [1.54, 1.807) is 6.07 Å². The summed E-state index contributed by atoms with van der Waals surface area (Å²) in [5.74, 6) is 0.386. The van der Waals surface area contributed by atoms with Crippen molar-refractivity contribution in [1.82, 2.24) is 25.6 Å². The fourth-order valence-corrected chi connectivity index (χ4v) is 1.65. The van der Waals surface area contributed by atoms with Gasteiger partial charge in [-0.1, -0.05) is 0 Å². The van der Waals surface area contributed by atoms with Crippen LogP contribution in [0.4, 0.5) is 4.39 Å². The largest absolute Gasteiger partial charge is 0.353 e. The van der Waals surface area contributed by atoms with Crippen molar-refractivity contribution in [1.29, 1.82) is 0 Å². The first-order valence-corrected chi connectivity index (χ1v) is 4.73. The number of fused-ring (bicyclic) bond motifs is 1. The highest BCUT2D eigenvalue weighted by Gasteiger charge is 2.07. The first-order chi connectivity index (χ1) is 7.83. The summed E-state index contributed by atoms with van der Waals surface area (Å²) < 4.78 is 13.0. The van der Waals surface area contributed by atoms with Gasteiger partial charge in [0.2, 0.25) is 0 Å². The number of hydrogen-bond acceptors (Lipinski definition) is 3. The van der Waals surface area contributed by atoms with Gasteiger partial charge in [-0.15, -0.1) is 5.10 Å². The van der Waals surface area contributed by atoms with Crippen LogP contribution in [-0.4, -0.2) is 25.6 Å². The third-order valence-electron chi connectivity index (χ3n) is 2.39. The molecule has 2 aromatic heterocycles. The maximum absolute atomic E-state index is 13.0. The minimum Gasteiger partial charge on any atom is -0.353 e. The molecule has 3 rings (SSSR count). The van der Waals surface area contributed by atoms with E-state index in [4.69, 9.17) is 0 Å². The molecule has 0 saturated carbocycles. The first-order valence-electron chi connectivity index (χ1n) is 4.73. The van der Waals surface area contributed by atoms with Gasteiger partial charge < -0.3 is 4.98 Å². The Morgan fingerprint density at radius 1 is 1.38 bits per heavy atom. The molecule has 0 fully saturated rings. The fraction of sp³-hybridized carbons (Fsp3) is 0.100. The molecule has 16 heavy (non-hydrogen) atoms. The number of benzene rings is 1. The maximum Gasteiger partial charge on any atom is 0.152 e. The van der Waals surface area contributed by atoms with E-state index >= 15 is 0 Å². The van der Waals surface area contributed by atoms with E-state index in [0.717, 1.165) is 16.5 Å². The number of H-pyrrole nitrogens is 2. The van der Waals surface area contributed by atoms with Gasteiger partial charge in [-0.05, 0) is 34.2 Å². The molecule has 2 N–H and O–H groups in total. The molecular weight excluding hydrogens is 209 g/mol. The summed E-state index contributed by atoms with van der Waals surface area (Å²) >= 11 is 0. The maximum atomic E-state index is 13.0. The van der Waals surface area contributed by atoms with Crippen molar-refractivity contribution < 1.29 is 4.39 Å². The predicted molar refractivity (Wildman–Crippen MR) is 54.1 cm³/mol. The van der Waals surface area contributed by atoms with E-state index < -0.39 is 0 Å². The van der Waals surface area contributed by atoms with Crippen LogP contribution in [0.3, 0.4) is 0 Å². The van der Waals surface area contributed by atoms with Gasteiger partial charge in [-0.2, -0.15) is 0 Å². The number of tetrazole rings is 1. The Bertz CT molecular complexity index is 613. The van der Waals surface area contributed by atoms with Gasteiger partial charge in [-0.25, -0.2) is 9.49 Å². The second kappa shape index (κ2) is 3.41. The average Bonchev–Trinajstić information content (AvgIpc) is 2.89. The number of nitrogens with one attached hydrogen (secondary N) is 2. The van der Waals surface area contributed by atoms with Crippen molar-refractivity contribution in [3.05, 3.63) is 41.6 Å². The van der Waals surface area contributed by atoms with Crippen molar-refractivity contribution in [2.45, 2.75) is 6.42 Å². The minimum atomic E-state index is -0.268. The molecule has 0 unspecified atom stereocenters. The second-order valence-electron chi connectivity index (χ2n) is 3.44. The zero-order valence-electron chi connectivity index (χ0n) is 8.16. The van der Waals surface area contributed by atoms with E-state index in [-0.39, 0.29) is 5.82 Å². The number of halogens is 1. The lowest BCUT2D eigenvalue weighted by Gasteiger charge is -1.94. The Morgan fingerprint density at radius 3 is 3.12 bits per heavy atom. The van der Waals surface area contributed by atoms with Crippen LogP contribution < -0.4 is 0 Å². The number of rotatable bonds is 2. The summed E-state index contributed by atoms with van der Waals surface area (Å²) in [6.45, 7) is 0. The summed E-state index contributed by atoms with van der Waals surface area (Å²) in [6.07, 6.45) is 3.51. The molecule has 0 bridgehead atoms. The zero-order valence-corrected chi connectivity index (χ0v) is 8.16. The molecule has 0 aliphatic heterocycles. The van der Waals surface area contributed by atoms with Gasteiger partial charge in [0.15, 0.2) is 5.82 Å². The van der Waals surface area contributed by atoms with Gasteiger partial charge >= 0.3 is 0 Å². The molecule has 0 spiro atoms. The topological polar surface area (TPSA) is 70.2 Å². The summed E-state index contributed by atoms with van der Waals surface area (Å²) in [5, 5.41) is 14.4. The Morgan fingerprint density at radius 2 is 2.31 bits per heavy atom. The van der Waals surface area contributed by atoms with Crippen LogP contribution in [0.5, 0.6) is 0 Å². The normalized spacial score (nSPS) is 11.1. The zero-order chi connectivity index (χ0) is 11.0. The molecule has 0 aliphatic rings. The molecule has 6 heteroatoms. The lowest BCUT2D eigenvalue weighted by molar-refractivity contribution is 0.629. The molecule has 1 radical (unpaired) electrons. The molecule has 2 heterocycles. The smallest absolute Gasteiger partial charge is 0.152 e. The monoisotopic (exact) mass is 216 g/mol. The van der Waals surface area contributed by atoms with Gasteiger partial charge in [0, 0.05) is 17.3 Å². The van der Waals surface area contributed by atoms with Crippen molar-refractivity contribution in [3.63, 3.8) is 0 Å². The molecule has 5 nitrogen and oxygen atoms in total. The average molecular weight is 216 g/mol. The number of aromatic amines is 2. The van der Waals surface area contributed by atoms with Gasteiger partial charge in [-0.3, -0.25) is 0 Å². The summed E-state index contributed by atoms with van der Waals surface area (Å²) in [4.78, 5) is 2.89. The lowest BCUT2D eigenvalue weighted by atomic mass is 10.1. The van der Waals surface area contributed by atoms with Crippen molar-refractivity contribution in [2.75, 3.05) is 0 Å². The Labute approximate surface area is 89.7 Å². The van der Waals surface area contributed by atoms with E-state index in [1.165, 1.54) is 12.1 Å². The van der Waals surface area contributed by atoms with E-state index in [9.17, 15) is 4.39 Å². The van der Waals surface area contributed by atoms with Gasteiger partial charge in [0.1, 0.15) is 5.82 Å². The summed E-state index contributed by atoms with van der Waals surface area (Å²) in [6, 6.07) is 4.58. The van der Waals surface area contributed by atoms with Crippen molar-refractivity contribution in [3.8, 4) is 0 Å². The highest BCUT2D eigenvalue weighted by Crippen LogP contribution is 2.20. The van der Waals surface area contributed by atoms with Crippen LogP contribution in [0.25, 0.3) is 10.9 Å². The van der Waals surface area contributed by atoms with E-state index in [2.05, 4.69) is 31.8 Å². The Hall–Kier alpha value is -2.24. The van der Waals surface area contributed by atoms with E-state index in [0.29, 0.717) is 12.2 Å². The van der Waals surface area contributed by atoms with Crippen LogP contribution >= 0.6 is 0 Å². The third kappa shape index (κ3) is 1.44. The third-order valence-corrected chi connectivity index (χ3v) is 2.39. The molecule has 1 aromatic carbocycles. The van der Waals surface area contributed by atoms with Crippen molar-refractivity contribution >= 4 is 10.9 Å². The van der Waals surface area contributed by atoms with Crippen LogP contribution in [0.1, 0.15) is 11.4 Å². The van der Waals surface area contributed by atoms with Crippen LogP contribution in [-0.2, 0) is 6.42 Å². The van der Waals surface area contributed by atoms with Gasteiger partial charge in [0.05, 0.1) is 6.20 Å². The molecule has 0 saturated heterocycles.